The first kappa shape index (κ1) is 11.7. The molecule has 13 heavy (non-hydrogen) atoms. The van der Waals surface area contributed by atoms with Crippen molar-refractivity contribution < 1.29 is 0 Å². The third-order valence-corrected chi connectivity index (χ3v) is 3.92. The summed E-state index contributed by atoms with van der Waals surface area (Å²) in [7, 11) is 0. The van der Waals surface area contributed by atoms with Crippen molar-refractivity contribution in [1.82, 2.24) is 4.90 Å². The van der Waals surface area contributed by atoms with E-state index in [0.29, 0.717) is 0 Å². The van der Waals surface area contributed by atoms with E-state index in [0.717, 1.165) is 16.3 Å². The van der Waals surface area contributed by atoms with Gasteiger partial charge in [0.2, 0.25) is 0 Å². The zero-order valence-corrected chi connectivity index (χ0v) is 10.4. The number of hydrogen-bond acceptors (Lipinski definition) is 3. The molecule has 1 rings (SSSR count). The normalized spacial score (nSPS) is 30.7. The van der Waals surface area contributed by atoms with Gasteiger partial charge in [-0.25, -0.2) is 0 Å². The lowest BCUT2D eigenvalue weighted by Crippen LogP contribution is -2.40. The molecule has 2 unspecified atom stereocenters. The van der Waals surface area contributed by atoms with Gasteiger partial charge >= 0.3 is 0 Å². The number of hydrogen-bond donors (Lipinski definition) is 1. The molecule has 0 radical (unpaired) electrons. The molecule has 3 heteroatoms. The van der Waals surface area contributed by atoms with Crippen LogP contribution in [0.2, 0.25) is 0 Å². The van der Waals surface area contributed by atoms with Crippen LogP contribution in [0.1, 0.15) is 26.7 Å². The quantitative estimate of drug-likeness (QED) is 0.572. The molecule has 0 aromatic heterocycles. The van der Waals surface area contributed by atoms with E-state index in [2.05, 4.69) is 43.1 Å². The van der Waals surface area contributed by atoms with Crippen molar-refractivity contribution in [3.05, 3.63) is 0 Å². The Labute approximate surface area is 92.1 Å². The largest absolute Gasteiger partial charge is 0.301 e. The van der Waals surface area contributed by atoms with Gasteiger partial charge in [-0.05, 0) is 25.1 Å². The maximum atomic E-state index is 4.23. The van der Waals surface area contributed by atoms with E-state index in [1.54, 1.807) is 0 Å². The van der Waals surface area contributed by atoms with Gasteiger partial charge in [-0.2, -0.15) is 24.4 Å². The van der Waals surface area contributed by atoms with E-state index in [4.69, 9.17) is 0 Å². The fourth-order valence-electron chi connectivity index (χ4n) is 1.91. The predicted molar refractivity (Wildman–Crippen MR) is 66.0 cm³/mol. The molecule has 0 aliphatic carbocycles. The summed E-state index contributed by atoms with van der Waals surface area (Å²) in [5.41, 5.74) is 0. The van der Waals surface area contributed by atoms with Gasteiger partial charge in [0.15, 0.2) is 0 Å². The van der Waals surface area contributed by atoms with Gasteiger partial charge in [0.05, 0.1) is 0 Å². The van der Waals surface area contributed by atoms with E-state index in [1.165, 1.54) is 32.5 Å². The van der Waals surface area contributed by atoms with Gasteiger partial charge in [-0.15, -0.1) is 0 Å². The number of thioether (sulfide) groups is 1. The second kappa shape index (κ2) is 6.20. The molecule has 0 N–H and O–H groups in total. The Kier molecular flexibility index (Phi) is 5.60. The Morgan fingerprint density at radius 3 is 2.38 bits per heavy atom. The lowest BCUT2D eigenvalue weighted by Gasteiger charge is -2.34. The highest BCUT2D eigenvalue weighted by Gasteiger charge is 2.21. The third-order valence-electron chi connectivity index (χ3n) is 2.38. The highest BCUT2D eigenvalue weighted by Crippen LogP contribution is 2.24. The minimum Gasteiger partial charge on any atom is -0.301 e. The van der Waals surface area contributed by atoms with Gasteiger partial charge in [-0.3, -0.25) is 0 Å². The van der Waals surface area contributed by atoms with Crippen molar-refractivity contribution in [1.29, 1.82) is 0 Å². The van der Waals surface area contributed by atoms with E-state index < -0.39 is 0 Å². The van der Waals surface area contributed by atoms with Crippen molar-refractivity contribution >= 4 is 24.4 Å². The molecule has 0 aromatic carbocycles. The van der Waals surface area contributed by atoms with Crippen LogP contribution in [-0.2, 0) is 0 Å². The van der Waals surface area contributed by atoms with E-state index in [1.807, 2.05) is 0 Å². The molecule has 1 nitrogen and oxygen atoms in total. The third kappa shape index (κ3) is 4.61. The van der Waals surface area contributed by atoms with E-state index >= 15 is 0 Å². The minimum absolute atomic E-state index is 0.819. The molecule has 0 bridgehead atoms. The zero-order chi connectivity index (χ0) is 9.68. The van der Waals surface area contributed by atoms with Gasteiger partial charge in [0, 0.05) is 23.6 Å². The second-order valence-corrected chi connectivity index (χ2v) is 6.28. The smallest absolute Gasteiger partial charge is 0.0149 e. The van der Waals surface area contributed by atoms with Crippen LogP contribution in [-0.4, -0.2) is 40.8 Å². The molecule has 0 spiro atoms. The van der Waals surface area contributed by atoms with Crippen molar-refractivity contribution in [3.8, 4) is 0 Å². The molecular weight excluding hydrogens is 198 g/mol. The van der Waals surface area contributed by atoms with Crippen LogP contribution in [0.4, 0.5) is 0 Å². The average molecular weight is 219 g/mol. The van der Waals surface area contributed by atoms with Crippen LogP contribution in [0.3, 0.4) is 0 Å². The summed E-state index contributed by atoms with van der Waals surface area (Å²) in [5, 5.41) is 1.64. The summed E-state index contributed by atoms with van der Waals surface area (Å²) < 4.78 is 0. The Bertz CT molecular complexity index is 131. The van der Waals surface area contributed by atoms with Crippen molar-refractivity contribution in [2.75, 3.05) is 25.4 Å². The zero-order valence-electron chi connectivity index (χ0n) is 8.70. The molecular formula is C10H21NS2. The summed E-state index contributed by atoms with van der Waals surface area (Å²) in [6, 6.07) is 0. The fourth-order valence-corrected chi connectivity index (χ4v) is 3.52. The monoisotopic (exact) mass is 219 g/mol. The maximum absolute atomic E-state index is 4.23. The summed E-state index contributed by atoms with van der Waals surface area (Å²) >= 11 is 6.36. The van der Waals surface area contributed by atoms with Gasteiger partial charge in [0.1, 0.15) is 0 Å². The molecule has 1 saturated heterocycles. The van der Waals surface area contributed by atoms with Gasteiger partial charge in [-0.1, -0.05) is 13.8 Å². The van der Waals surface area contributed by atoms with Crippen LogP contribution >= 0.6 is 24.4 Å². The van der Waals surface area contributed by atoms with Gasteiger partial charge < -0.3 is 4.90 Å². The number of thiol groups is 1. The number of unbranched alkanes of at least 4 members (excludes halogenated alkanes) is 1. The molecule has 78 valence electrons. The van der Waals surface area contributed by atoms with Crippen LogP contribution in [0.25, 0.3) is 0 Å². The molecule has 1 aliphatic rings. The Balaban J connectivity index is 2.17. The topological polar surface area (TPSA) is 3.24 Å². The first-order valence-electron chi connectivity index (χ1n) is 5.21. The Morgan fingerprint density at radius 1 is 1.23 bits per heavy atom. The summed E-state index contributed by atoms with van der Waals surface area (Å²) in [4.78, 5) is 2.61. The summed E-state index contributed by atoms with van der Waals surface area (Å²) in [6.07, 6.45) is 2.57. The first-order chi connectivity index (χ1) is 6.22. The molecule has 0 amide bonds. The maximum Gasteiger partial charge on any atom is 0.0149 e. The minimum atomic E-state index is 0.819. The SMILES string of the molecule is CC1CN(CCCCS)CC(C)S1. The van der Waals surface area contributed by atoms with Crippen LogP contribution < -0.4 is 0 Å². The van der Waals surface area contributed by atoms with Crippen LogP contribution in [0, 0.1) is 0 Å². The van der Waals surface area contributed by atoms with E-state index in [-0.39, 0.29) is 0 Å². The van der Waals surface area contributed by atoms with E-state index in [9.17, 15) is 0 Å². The first-order valence-corrected chi connectivity index (χ1v) is 6.78. The molecule has 1 aliphatic heterocycles. The highest BCUT2D eigenvalue weighted by atomic mass is 32.2. The standard InChI is InChI=1S/C10H21NS2/c1-9-7-11(5-3-4-6-12)8-10(2)13-9/h9-10,12H,3-8H2,1-2H3. The molecule has 1 heterocycles. The summed E-state index contributed by atoms with van der Waals surface area (Å²) in [5.74, 6) is 1.04. The lowest BCUT2D eigenvalue weighted by atomic mass is 10.2. The molecule has 0 aromatic rings. The second-order valence-electron chi connectivity index (χ2n) is 3.95. The van der Waals surface area contributed by atoms with Crippen LogP contribution in [0.5, 0.6) is 0 Å². The lowest BCUT2D eigenvalue weighted by molar-refractivity contribution is 0.267. The van der Waals surface area contributed by atoms with Crippen molar-refractivity contribution in [2.45, 2.75) is 37.2 Å². The molecule has 0 saturated carbocycles. The van der Waals surface area contributed by atoms with Crippen LogP contribution in [0.15, 0.2) is 0 Å². The number of rotatable bonds is 4. The predicted octanol–water partition coefficient (Wildman–Crippen LogP) is 2.52. The number of nitrogens with zero attached hydrogens (tertiary/aromatic N) is 1. The summed E-state index contributed by atoms with van der Waals surface area (Å²) in [6.45, 7) is 8.51. The Morgan fingerprint density at radius 2 is 1.85 bits per heavy atom. The Hall–Kier alpha value is 0.660. The average Bonchev–Trinajstić information content (AvgIpc) is 2.03. The molecule has 1 fully saturated rings. The molecule has 2 atom stereocenters. The van der Waals surface area contributed by atoms with Crippen molar-refractivity contribution in [2.24, 2.45) is 0 Å². The van der Waals surface area contributed by atoms with Crippen molar-refractivity contribution in [3.63, 3.8) is 0 Å². The highest BCUT2D eigenvalue weighted by molar-refractivity contribution is 8.00. The van der Waals surface area contributed by atoms with Gasteiger partial charge in [0.25, 0.3) is 0 Å². The fraction of sp³-hybridized carbons (Fsp3) is 1.00.